The molecule has 0 aromatic heterocycles. The van der Waals surface area contributed by atoms with Crippen LogP contribution in [0.25, 0.3) is 0 Å². The quantitative estimate of drug-likeness (QED) is 0.0746. The van der Waals surface area contributed by atoms with Gasteiger partial charge in [-0.25, -0.2) is 0 Å². The van der Waals surface area contributed by atoms with Crippen LogP contribution in [0.3, 0.4) is 0 Å². The summed E-state index contributed by atoms with van der Waals surface area (Å²) in [6, 6.07) is 14.1. The van der Waals surface area contributed by atoms with Crippen molar-refractivity contribution in [3.05, 3.63) is 70.3 Å². The first kappa shape index (κ1) is 37.0. The van der Waals surface area contributed by atoms with Gasteiger partial charge in [-0.3, -0.25) is 19.2 Å². The summed E-state index contributed by atoms with van der Waals surface area (Å²) < 4.78 is 10.2. The number of esters is 4. The summed E-state index contributed by atoms with van der Waals surface area (Å²) in [5.41, 5.74) is 4.62. The summed E-state index contributed by atoms with van der Waals surface area (Å²) in [6.07, 6.45) is 25.5. The van der Waals surface area contributed by atoms with Crippen molar-refractivity contribution in [1.82, 2.24) is 0 Å². The molecule has 2 fully saturated rings. The number of carbonyl (C=O) groups excluding carboxylic acids is 4. The van der Waals surface area contributed by atoms with Crippen molar-refractivity contribution in [3.63, 3.8) is 0 Å². The van der Waals surface area contributed by atoms with Crippen LogP contribution in [0.4, 0.5) is 0 Å². The predicted octanol–water partition coefficient (Wildman–Crippen LogP) is 10.3. The SMILES string of the molecule is CCCCCCCCCCCCCCCCCCCCc1ccc(C2C3C(=O)OC(=O)C3c3cc(C)ccc3C2C2CC(=O)OC2=O)cc1. The molecule has 3 aliphatic rings. The van der Waals surface area contributed by atoms with Gasteiger partial charge in [-0.1, -0.05) is 164 Å². The number of hydrogen-bond acceptors (Lipinski definition) is 6. The van der Waals surface area contributed by atoms with Gasteiger partial charge in [-0.15, -0.1) is 0 Å². The van der Waals surface area contributed by atoms with E-state index in [-0.39, 0.29) is 6.42 Å². The number of carbonyl (C=O) groups is 4. The Morgan fingerprint density at radius 3 is 1.63 bits per heavy atom. The van der Waals surface area contributed by atoms with Crippen LogP contribution in [0.1, 0.15) is 174 Å². The molecule has 0 spiro atoms. The van der Waals surface area contributed by atoms with Crippen LogP contribution < -0.4 is 0 Å². The Hall–Kier alpha value is -3.28. The first-order valence-electron chi connectivity index (χ1n) is 19.6. The Morgan fingerprint density at radius 1 is 0.551 bits per heavy atom. The van der Waals surface area contributed by atoms with E-state index < -0.39 is 53.5 Å². The van der Waals surface area contributed by atoms with E-state index >= 15 is 0 Å². The number of unbranched alkanes of at least 4 members (excludes halogenated alkanes) is 17. The van der Waals surface area contributed by atoms with Crippen molar-refractivity contribution in [2.75, 3.05) is 0 Å². The number of ether oxygens (including phenoxy) is 2. The van der Waals surface area contributed by atoms with Crippen molar-refractivity contribution in [2.24, 2.45) is 11.8 Å². The molecule has 266 valence electrons. The zero-order chi connectivity index (χ0) is 34.6. The van der Waals surface area contributed by atoms with E-state index in [0.29, 0.717) is 0 Å². The highest BCUT2D eigenvalue weighted by Gasteiger charge is 2.59. The Balaban J connectivity index is 1.06. The van der Waals surface area contributed by atoms with Crippen molar-refractivity contribution in [2.45, 2.75) is 160 Å². The molecule has 0 radical (unpaired) electrons. The molecule has 2 saturated heterocycles. The van der Waals surface area contributed by atoms with Gasteiger partial charge < -0.3 is 9.47 Å². The zero-order valence-electron chi connectivity index (χ0n) is 30.0. The molecule has 2 aromatic rings. The third-order valence-electron chi connectivity index (χ3n) is 11.3. The smallest absolute Gasteiger partial charge is 0.321 e. The Morgan fingerprint density at radius 2 is 1.10 bits per heavy atom. The van der Waals surface area contributed by atoms with E-state index in [0.717, 1.165) is 35.1 Å². The summed E-state index contributed by atoms with van der Waals surface area (Å²) >= 11 is 0. The summed E-state index contributed by atoms with van der Waals surface area (Å²) in [5.74, 6) is -5.37. The lowest BCUT2D eigenvalue weighted by Gasteiger charge is -2.40. The maximum Gasteiger partial charge on any atom is 0.321 e. The van der Waals surface area contributed by atoms with Gasteiger partial charge in [-0.2, -0.15) is 0 Å². The van der Waals surface area contributed by atoms with Crippen LogP contribution in [-0.2, 0) is 35.1 Å². The average Bonchev–Trinajstić information content (AvgIpc) is 3.59. The monoisotopic (exact) mass is 670 g/mol. The molecule has 0 saturated carbocycles. The molecule has 49 heavy (non-hydrogen) atoms. The number of fused-ring (bicyclic) bond motifs is 3. The first-order valence-corrected chi connectivity index (χ1v) is 19.6. The fraction of sp³-hybridized carbons (Fsp3) is 0.628. The predicted molar refractivity (Wildman–Crippen MR) is 192 cm³/mol. The molecule has 0 bridgehead atoms. The van der Waals surface area contributed by atoms with E-state index in [1.54, 1.807) is 0 Å². The second-order valence-electron chi connectivity index (χ2n) is 15.0. The van der Waals surface area contributed by atoms with E-state index in [9.17, 15) is 19.2 Å². The van der Waals surface area contributed by atoms with Crippen LogP contribution >= 0.6 is 0 Å². The molecule has 0 N–H and O–H groups in total. The van der Waals surface area contributed by atoms with Gasteiger partial charge in [0.05, 0.1) is 24.2 Å². The molecule has 6 nitrogen and oxygen atoms in total. The number of aryl methyl sites for hydroxylation is 2. The van der Waals surface area contributed by atoms with E-state index in [1.807, 2.05) is 37.3 Å². The third kappa shape index (κ3) is 9.70. The standard InChI is InChI=1S/C43H58O6/c1-3-4-5-6-7-8-9-10-11-12-13-14-15-16-17-18-19-20-21-31-23-25-32(26-24-31)37-38(35-29-36(44)48-41(35)45)33-27-22-30(2)28-34(33)39-40(37)43(47)49-42(39)46/h22-28,35,37-40H,3-21,29H2,1-2H3. The molecule has 5 atom stereocenters. The lowest BCUT2D eigenvalue weighted by Crippen LogP contribution is -2.38. The van der Waals surface area contributed by atoms with Crippen LogP contribution in [0, 0.1) is 18.8 Å². The highest BCUT2D eigenvalue weighted by atomic mass is 16.6. The second-order valence-corrected chi connectivity index (χ2v) is 15.0. The molecule has 2 aromatic carbocycles. The van der Waals surface area contributed by atoms with Crippen LogP contribution in [0.15, 0.2) is 42.5 Å². The lowest BCUT2D eigenvalue weighted by molar-refractivity contribution is -0.155. The molecule has 0 amide bonds. The number of hydrogen-bond donors (Lipinski definition) is 0. The summed E-state index contributed by atoms with van der Waals surface area (Å²) in [5, 5.41) is 0. The van der Waals surface area contributed by atoms with Gasteiger partial charge in [-0.05, 0) is 42.0 Å². The molecule has 2 heterocycles. The number of cyclic esters (lactones) is 4. The second kappa shape index (κ2) is 18.6. The van der Waals surface area contributed by atoms with Gasteiger partial charge in [0.15, 0.2) is 0 Å². The molecular weight excluding hydrogens is 612 g/mol. The minimum absolute atomic E-state index is 0.0366. The zero-order valence-corrected chi connectivity index (χ0v) is 30.0. The summed E-state index contributed by atoms with van der Waals surface area (Å²) in [6.45, 7) is 4.22. The minimum Gasteiger partial charge on any atom is -0.393 e. The Labute approximate surface area is 294 Å². The van der Waals surface area contributed by atoms with Gasteiger partial charge in [0.1, 0.15) is 0 Å². The van der Waals surface area contributed by atoms with E-state index in [2.05, 4.69) is 19.1 Å². The lowest BCUT2D eigenvalue weighted by atomic mass is 9.59. The molecule has 5 rings (SSSR count). The van der Waals surface area contributed by atoms with Crippen molar-refractivity contribution >= 4 is 23.9 Å². The van der Waals surface area contributed by atoms with Crippen LogP contribution in [-0.4, -0.2) is 23.9 Å². The molecule has 5 unspecified atom stereocenters. The fourth-order valence-electron chi connectivity index (χ4n) is 8.66. The van der Waals surface area contributed by atoms with Crippen molar-refractivity contribution < 1.29 is 28.7 Å². The topological polar surface area (TPSA) is 86.7 Å². The largest absolute Gasteiger partial charge is 0.393 e. The number of rotatable bonds is 21. The van der Waals surface area contributed by atoms with Crippen LogP contribution in [0.2, 0.25) is 0 Å². The Kier molecular flexibility index (Phi) is 14.1. The van der Waals surface area contributed by atoms with Gasteiger partial charge in [0.2, 0.25) is 0 Å². The molecular formula is C43H58O6. The maximum absolute atomic E-state index is 13.2. The first-order chi connectivity index (χ1) is 23.9. The third-order valence-corrected chi connectivity index (χ3v) is 11.3. The number of benzene rings is 2. The van der Waals surface area contributed by atoms with Gasteiger partial charge in [0, 0.05) is 11.8 Å². The Bertz CT molecular complexity index is 1410. The van der Waals surface area contributed by atoms with E-state index in [4.69, 9.17) is 9.47 Å². The average molecular weight is 671 g/mol. The molecule has 1 aliphatic carbocycles. The highest BCUT2D eigenvalue weighted by Crippen LogP contribution is 2.58. The van der Waals surface area contributed by atoms with Crippen molar-refractivity contribution in [1.29, 1.82) is 0 Å². The maximum atomic E-state index is 13.2. The van der Waals surface area contributed by atoms with Gasteiger partial charge in [0.25, 0.3) is 0 Å². The fourth-order valence-corrected chi connectivity index (χ4v) is 8.66. The molecule has 2 aliphatic heterocycles. The summed E-state index contributed by atoms with van der Waals surface area (Å²) in [7, 11) is 0. The minimum atomic E-state index is -0.754. The highest BCUT2D eigenvalue weighted by molar-refractivity contribution is 6.02. The van der Waals surface area contributed by atoms with Crippen molar-refractivity contribution in [3.8, 4) is 0 Å². The molecule has 6 heteroatoms. The van der Waals surface area contributed by atoms with Gasteiger partial charge >= 0.3 is 23.9 Å². The normalized spacial score (nSPS) is 23.0. The van der Waals surface area contributed by atoms with E-state index in [1.165, 1.54) is 115 Å². The van der Waals surface area contributed by atoms with Crippen LogP contribution in [0.5, 0.6) is 0 Å². The summed E-state index contributed by atoms with van der Waals surface area (Å²) in [4.78, 5) is 51.4.